The summed E-state index contributed by atoms with van der Waals surface area (Å²) < 4.78 is 2.62. The molecule has 100 valence electrons. The van der Waals surface area contributed by atoms with Gasteiger partial charge >= 0.3 is 0 Å². The van der Waals surface area contributed by atoms with Crippen molar-refractivity contribution in [2.24, 2.45) is 0 Å². The summed E-state index contributed by atoms with van der Waals surface area (Å²) in [5, 5.41) is 0.910. The van der Waals surface area contributed by atoms with Crippen LogP contribution in [-0.2, 0) is 0 Å². The van der Waals surface area contributed by atoms with Gasteiger partial charge < -0.3 is 4.98 Å². The second kappa shape index (κ2) is 5.47. The fraction of sp³-hybridized carbons (Fsp3) is 0. The van der Waals surface area contributed by atoms with Crippen molar-refractivity contribution in [1.82, 2.24) is 4.98 Å². The average molecular weight is 458 g/mol. The molecule has 0 spiro atoms. The van der Waals surface area contributed by atoms with Crippen LogP contribution in [0.5, 0.6) is 0 Å². The third-order valence-electron chi connectivity index (χ3n) is 3.08. The van der Waals surface area contributed by atoms with Crippen molar-refractivity contribution in [3.8, 4) is 0 Å². The van der Waals surface area contributed by atoms with Gasteiger partial charge in [0, 0.05) is 41.6 Å². The number of hydrogen-bond donors (Lipinski definition) is 1. The molecule has 2 nitrogen and oxygen atoms in total. The monoisotopic (exact) mass is 455 g/mol. The zero-order valence-corrected chi connectivity index (χ0v) is 14.8. The van der Waals surface area contributed by atoms with Crippen molar-refractivity contribution >= 4 is 64.5 Å². The highest BCUT2D eigenvalue weighted by atomic mass is 79.9. The third-order valence-corrected chi connectivity index (χ3v) is 4.89. The molecule has 0 saturated carbocycles. The molecule has 20 heavy (non-hydrogen) atoms. The first-order chi connectivity index (χ1) is 9.58. The lowest BCUT2D eigenvalue weighted by Crippen LogP contribution is -2.01. The Bertz CT molecular complexity index is 823. The molecule has 0 radical (unpaired) electrons. The van der Waals surface area contributed by atoms with E-state index in [0.29, 0.717) is 11.1 Å². The second-order valence-electron chi connectivity index (χ2n) is 4.32. The number of halogens is 3. The van der Waals surface area contributed by atoms with Gasteiger partial charge in [-0.25, -0.2) is 0 Å². The van der Waals surface area contributed by atoms with Crippen molar-refractivity contribution in [2.45, 2.75) is 0 Å². The molecule has 3 rings (SSSR count). The number of fused-ring (bicyclic) bond motifs is 1. The van der Waals surface area contributed by atoms with E-state index >= 15 is 0 Å². The van der Waals surface area contributed by atoms with Gasteiger partial charge in [0.2, 0.25) is 0 Å². The molecule has 0 aliphatic carbocycles. The lowest BCUT2D eigenvalue weighted by atomic mass is 10.0. The SMILES string of the molecule is O=C(c1ccc(Br)cc1Br)c1c[nH]c2cccc(Br)c12. The predicted molar refractivity (Wildman–Crippen MR) is 91.3 cm³/mol. The summed E-state index contributed by atoms with van der Waals surface area (Å²) in [5.41, 5.74) is 2.25. The van der Waals surface area contributed by atoms with E-state index in [1.54, 1.807) is 6.20 Å². The third kappa shape index (κ3) is 2.38. The molecule has 3 aromatic rings. The van der Waals surface area contributed by atoms with Crippen LogP contribution in [0.15, 0.2) is 56.0 Å². The van der Waals surface area contributed by atoms with Crippen molar-refractivity contribution in [2.75, 3.05) is 0 Å². The zero-order chi connectivity index (χ0) is 14.3. The normalized spacial score (nSPS) is 10.9. The van der Waals surface area contributed by atoms with Gasteiger partial charge in [-0.2, -0.15) is 0 Å². The highest BCUT2D eigenvalue weighted by Crippen LogP contribution is 2.31. The summed E-state index contributed by atoms with van der Waals surface area (Å²) in [5.74, 6) is -0.0116. The van der Waals surface area contributed by atoms with E-state index in [0.717, 1.165) is 24.3 Å². The molecule has 1 N–H and O–H groups in total. The number of aromatic nitrogens is 1. The fourth-order valence-electron chi connectivity index (χ4n) is 2.14. The molecule has 0 fully saturated rings. The van der Waals surface area contributed by atoms with Crippen molar-refractivity contribution in [3.05, 3.63) is 67.1 Å². The molecule has 1 heterocycles. The number of rotatable bonds is 2. The lowest BCUT2D eigenvalue weighted by Gasteiger charge is -2.04. The van der Waals surface area contributed by atoms with Crippen LogP contribution >= 0.6 is 47.8 Å². The number of benzene rings is 2. The summed E-state index contributed by atoms with van der Waals surface area (Å²) in [6.45, 7) is 0. The van der Waals surface area contributed by atoms with Crippen LogP contribution in [0.25, 0.3) is 10.9 Å². The van der Waals surface area contributed by atoms with Gasteiger partial charge in [-0.3, -0.25) is 4.79 Å². The smallest absolute Gasteiger partial charge is 0.196 e. The maximum absolute atomic E-state index is 12.7. The Morgan fingerprint density at radius 3 is 2.50 bits per heavy atom. The molecule has 1 aromatic heterocycles. The van der Waals surface area contributed by atoms with Crippen LogP contribution in [0.1, 0.15) is 15.9 Å². The summed E-state index contributed by atoms with van der Waals surface area (Å²) in [6.07, 6.45) is 1.76. The molecule has 0 amide bonds. The first-order valence-corrected chi connectivity index (χ1v) is 8.21. The molecular formula is C15H8Br3NO. The van der Waals surface area contributed by atoms with Crippen LogP contribution in [0.2, 0.25) is 0 Å². The van der Waals surface area contributed by atoms with Gasteiger partial charge in [-0.1, -0.05) is 37.9 Å². The Balaban J connectivity index is 2.18. The van der Waals surface area contributed by atoms with E-state index in [-0.39, 0.29) is 5.78 Å². The largest absolute Gasteiger partial charge is 0.360 e. The highest BCUT2D eigenvalue weighted by molar-refractivity contribution is 9.11. The average Bonchev–Trinajstić information content (AvgIpc) is 2.83. The summed E-state index contributed by atoms with van der Waals surface area (Å²) in [6, 6.07) is 11.4. The summed E-state index contributed by atoms with van der Waals surface area (Å²) >= 11 is 10.3. The molecule has 0 unspecified atom stereocenters. The predicted octanol–water partition coefficient (Wildman–Crippen LogP) is 5.69. The van der Waals surface area contributed by atoms with Gasteiger partial charge in [0.25, 0.3) is 0 Å². The van der Waals surface area contributed by atoms with Crippen molar-refractivity contribution in [1.29, 1.82) is 0 Å². The molecule has 0 aliphatic heterocycles. The van der Waals surface area contributed by atoms with E-state index in [2.05, 4.69) is 52.8 Å². The fourth-order valence-corrected chi connectivity index (χ4v) is 3.94. The van der Waals surface area contributed by atoms with E-state index in [4.69, 9.17) is 0 Å². The first kappa shape index (κ1) is 14.0. The Kier molecular flexibility index (Phi) is 3.84. The number of H-pyrrole nitrogens is 1. The van der Waals surface area contributed by atoms with Crippen LogP contribution in [0.4, 0.5) is 0 Å². The van der Waals surface area contributed by atoms with Gasteiger partial charge in [-0.15, -0.1) is 0 Å². The minimum Gasteiger partial charge on any atom is -0.360 e. The van der Waals surface area contributed by atoms with Crippen molar-refractivity contribution in [3.63, 3.8) is 0 Å². The highest BCUT2D eigenvalue weighted by Gasteiger charge is 2.18. The molecule has 0 aliphatic rings. The van der Waals surface area contributed by atoms with E-state index < -0.39 is 0 Å². The molecule has 0 atom stereocenters. The molecule has 0 bridgehead atoms. The van der Waals surface area contributed by atoms with E-state index in [9.17, 15) is 4.79 Å². The minimum atomic E-state index is -0.0116. The molecule has 2 aromatic carbocycles. The Hall–Kier alpha value is -0.910. The number of nitrogens with one attached hydrogen (secondary N) is 1. The Morgan fingerprint density at radius 1 is 0.950 bits per heavy atom. The van der Waals surface area contributed by atoms with Gasteiger partial charge in [0.05, 0.1) is 0 Å². The number of carbonyl (C=O) groups excluding carboxylic acids is 1. The number of aromatic amines is 1. The topological polar surface area (TPSA) is 32.9 Å². The number of ketones is 1. The second-order valence-corrected chi connectivity index (χ2v) is 6.94. The Morgan fingerprint density at radius 2 is 1.75 bits per heavy atom. The van der Waals surface area contributed by atoms with E-state index in [1.165, 1.54) is 0 Å². The van der Waals surface area contributed by atoms with E-state index in [1.807, 2.05) is 36.4 Å². The molecular weight excluding hydrogens is 450 g/mol. The minimum absolute atomic E-state index is 0.0116. The van der Waals surface area contributed by atoms with Crippen LogP contribution in [0, 0.1) is 0 Å². The maximum atomic E-state index is 12.7. The number of carbonyl (C=O) groups is 1. The van der Waals surface area contributed by atoms with Crippen LogP contribution < -0.4 is 0 Å². The first-order valence-electron chi connectivity index (χ1n) is 5.83. The summed E-state index contributed by atoms with van der Waals surface area (Å²) in [7, 11) is 0. The van der Waals surface area contributed by atoms with Gasteiger partial charge in [0.1, 0.15) is 0 Å². The zero-order valence-electron chi connectivity index (χ0n) is 10.1. The molecule has 0 saturated heterocycles. The van der Waals surface area contributed by atoms with Crippen molar-refractivity contribution < 1.29 is 4.79 Å². The van der Waals surface area contributed by atoms with Crippen LogP contribution in [0.3, 0.4) is 0 Å². The van der Waals surface area contributed by atoms with Crippen LogP contribution in [-0.4, -0.2) is 10.8 Å². The maximum Gasteiger partial charge on any atom is 0.196 e. The number of hydrogen-bond acceptors (Lipinski definition) is 1. The lowest BCUT2D eigenvalue weighted by molar-refractivity contribution is 0.103. The van der Waals surface area contributed by atoms with Gasteiger partial charge in [0.15, 0.2) is 5.78 Å². The standard InChI is InChI=1S/C15H8Br3NO/c16-8-4-5-9(12(18)6-8)15(20)10-7-19-13-3-1-2-11(17)14(10)13/h1-7,19H. The Labute approximate surface area is 141 Å². The summed E-state index contributed by atoms with van der Waals surface area (Å²) in [4.78, 5) is 15.9. The quantitative estimate of drug-likeness (QED) is 0.493. The molecule has 5 heteroatoms. The van der Waals surface area contributed by atoms with Gasteiger partial charge in [-0.05, 0) is 46.3 Å².